The Balaban J connectivity index is 1.73. The summed E-state index contributed by atoms with van der Waals surface area (Å²) in [6, 6.07) is 18.9. The number of pyridine rings is 1. The Kier molecular flexibility index (Phi) is 9.48. The van der Waals surface area contributed by atoms with Gasteiger partial charge in [-0.1, -0.05) is 48.5 Å². The summed E-state index contributed by atoms with van der Waals surface area (Å²) >= 11 is 0. The number of hydrogen-bond acceptors (Lipinski definition) is 8. The maximum Gasteiger partial charge on any atom is 0.328 e. The summed E-state index contributed by atoms with van der Waals surface area (Å²) in [5.74, 6) is -1.66. The number of ether oxygens (including phenoxy) is 3. The van der Waals surface area contributed by atoms with Crippen LogP contribution in [0.5, 0.6) is 11.5 Å². The molecule has 2 unspecified atom stereocenters. The molecule has 0 radical (unpaired) electrons. The average Bonchev–Trinajstić information content (AvgIpc) is 2.89. The van der Waals surface area contributed by atoms with Crippen LogP contribution in [-0.2, 0) is 25.5 Å². The smallest absolute Gasteiger partial charge is 0.328 e. The van der Waals surface area contributed by atoms with E-state index in [-0.39, 0.29) is 17.9 Å². The number of amides is 1. The van der Waals surface area contributed by atoms with Gasteiger partial charge in [0.25, 0.3) is 5.91 Å². The molecule has 9 nitrogen and oxygen atoms in total. The zero-order chi connectivity index (χ0) is 26.8. The number of esters is 2. The van der Waals surface area contributed by atoms with E-state index in [4.69, 9.17) is 14.2 Å². The van der Waals surface area contributed by atoms with Crippen molar-refractivity contribution in [3.63, 3.8) is 0 Å². The number of benzene rings is 2. The third kappa shape index (κ3) is 7.47. The third-order valence-corrected chi connectivity index (χ3v) is 5.31. The SMILES string of the molecule is CC(=O)Oc1c(CC=O)ccnc1C(=O)N[C@@H](C)C(=O)OC(C)C(Oc1ccccc1)c1ccccc1. The second-order valence-corrected chi connectivity index (χ2v) is 8.21. The highest BCUT2D eigenvalue weighted by atomic mass is 16.6. The van der Waals surface area contributed by atoms with E-state index in [0.29, 0.717) is 17.6 Å². The highest BCUT2D eigenvalue weighted by Crippen LogP contribution is 2.27. The summed E-state index contributed by atoms with van der Waals surface area (Å²) in [4.78, 5) is 52.4. The van der Waals surface area contributed by atoms with Crippen molar-refractivity contribution < 1.29 is 33.4 Å². The highest BCUT2D eigenvalue weighted by molar-refractivity contribution is 5.98. The van der Waals surface area contributed by atoms with Crippen LogP contribution < -0.4 is 14.8 Å². The van der Waals surface area contributed by atoms with Crippen molar-refractivity contribution in [3.05, 3.63) is 89.7 Å². The van der Waals surface area contributed by atoms with Crippen molar-refractivity contribution in [2.45, 2.75) is 45.4 Å². The van der Waals surface area contributed by atoms with Gasteiger partial charge in [-0.2, -0.15) is 0 Å². The molecule has 1 aromatic heterocycles. The van der Waals surface area contributed by atoms with Crippen molar-refractivity contribution in [2.75, 3.05) is 0 Å². The lowest BCUT2D eigenvalue weighted by Crippen LogP contribution is -2.42. The fourth-order valence-electron chi connectivity index (χ4n) is 3.55. The lowest BCUT2D eigenvalue weighted by molar-refractivity contribution is -0.154. The summed E-state index contributed by atoms with van der Waals surface area (Å²) in [6.45, 7) is 4.33. The Labute approximate surface area is 214 Å². The molecule has 3 aromatic rings. The van der Waals surface area contributed by atoms with Gasteiger partial charge in [-0.25, -0.2) is 9.78 Å². The number of para-hydroxylation sites is 1. The van der Waals surface area contributed by atoms with Gasteiger partial charge in [0, 0.05) is 25.1 Å². The van der Waals surface area contributed by atoms with E-state index in [1.165, 1.54) is 26.1 Å². The maximum atomic E-state index is 12.9. The third-order valence-electron chi connectivity index (χ3n) is 5.31. The van der Waals surface area contributed by atoms with E-state index in [1.54, 1.807) is 19.1 Å². The molecule has 192 valence electrons. The van der Waals surface area contributed by atoms with E-state index in [2.05, 4.69) is 10.3 Å². The van der Waals surface area contributed by atoms with Crippen molar-refractivity contribution in [1.82, 2.24) is 10.3 Å². The average molecular weight is 505 g/mol. The van der Waals surface area contributed by atoms with Gasteiger partial charge >= 0.3 is 11.9 Å². The van der Waals surface area contributed by atoms with E-state index < -0.39 is 36.1 Å². The van der Waals surface area contributed by atoms with Gasteiger partial charge in [0.1, 0.15) is 24.2 Å². The van der Waals surface area contributed by atoms with E-state index in [1.807, 2.05) is 48.5 Å². The molecule has 3 atom stereocenters. The van der Waals surface area contributed by atoms with Crippen LogP contribution in [0.1, 0.15) is 48.5 Å². The molecule has 0 aliphatic carbocycles. The molecule has 0 aliphatic heterocycles. The van der Waals surface area contributed by atoms with Crippen molar-refractivity contribution >= 4 is 24.1 Å². The summed E-state index contributed by atoms with van der Waals surface area (Å²) in [6.07, 6.45) is 0.541. The summed E-state index contributed by atoms with van der Waals surface area (Å²) in [5.41, 5.74) is 0.903. The summed E-state index contributed by atoms with van der Waals surface area (Å²) < 4.78 is 16.9. The van der Waals surface area contributed by atoms with Gasteiger partial charge in [-0.3, -0.25) is 9.59 Å². The number of rotatable bonds is 11. The molecule has 0 bridgehead atoms. The monoisotopic (exact) mass is 504 g/mol. The number of nitrogens with one attached hydrogen (secondary N) is 1. The number of carbonyl (C=O) groups is 4. The molecule has 1 N–H and O–H groups in total. The zero-order valence-corrected chi connectivity index (χ0v) is 20.7. The first-order valence-corrected chi connectivity index (χ1v) is 11.7. The second kappa shape index (κ2) is 13.0. The van der Waals surface area contributed by atoms with Gasteiger partial charge in [-0.05, 0) is 37.6 Å². The van der Waals surface area contributed by atoms with Crippen LogP contribution in [0.2, 0.25) is 0 Å². The Bertz CT molecular complexity index is 1230. The molecular formula is C28H28N2O7. The molecule has 3 rings (SSSR count). The Morgan fingerprint density at radius 2 is 1.62 bits per heavy atom. The van der Waals surface area contributed by atoms with Crippen molar-refractivity contribution in [3.8, 4) is 11.5 Å². The standard InChI is InChI=1S/C28H28N2O7/c1-18(30-27(33)24-26(36-20(3)32)22(15-17-31)14-16-29-24)28(34)35-19(2)25(21-10-6-4-7-11-21)37-23-12-8-5-9-13-23/h4-14,16-19,25H,15H2,1-3H3,(H,30,33)/t18-,19?,25?/m0/s1. The summed E-state index contributed by atoms with van der Waals surface area (Å²) in [5, 5.41) is 2.52. The van der Waals surface area contributed by atoms with Crippen LogP contribution in [-0.4, -0.2) is 41.3 Å². The lowest BCUT2D eigenvalue weighted by Gasteiger charge is -2.27. The van der Waals surface area contributed by atoms with E-state index in [0.717, 1.165) is 5.56 Å². The van der Waals surface area contributed by atoms with Crippen molar-refractivity contribution in [1.29, 1.82) is 0 Å². The van der Waals surface area contributed by atoms with Gasteiger partial charge in [0.2, 0.25) is 0 Å². The molecule has 0 fully saturated rings. The number of hydrogen-bond donors (Lipinski definition) is 1. The molecule has 9 heteroatoms. The fraction of sp³-hybridized carbons (Fsp3) is 0.250. The maximum absolute atomic E-state index is 12.9. The van der Waals surface area contributed by atoms with Crippen LogP contribution in [0.4, 0.5) is 0 Å². The Morgan fingerprint density at radius 3 is 2.24 bits per heavy atom. The molecule has 0 spiro atoms. The first-order chi connectivity index (χ1) is 17.8. The number of carbonyl (C=O) groups excluding carboxylic acids is 4. The molecule has 1 heterocycles. The molecule has 37 heavy (non-hydrogen) atoms. The van der Waals surface area contributed by atoms with Crippen molar-refractivity contribution in [2.24, 2.45) is 0 Å². The highest BCUT2D eigenvalue weighted by Gasteiger charge is 2.29. The van der Waals surface area contributed by atoms with E-state index in [9.17, 15) is 19.2 Å². The zero-order valence-electron chi connectivity index (χ0n) is 20.7. The van der Waals surface area contributed by atoms with Crippen LogP contribution in [0.3, 0.4) is 0 Å². The molecule has 0 saturated heterocycles. The van der Waals surface area contributed by atoms with Crippen LogP contribution in [0.15, 0.2) is 72.9 Å². The number of nitrogens with zero attached hydrogens (tertiary/aromatic N) is 1. The predicted octanol–water partition coefficient (Wildman–Crippen LogP) is 3.62. The molecular weight excluding hydrogens is 476 g/mol. The Hall–Kier alpha value is -4.53. The van der Waals surface area contributed by atoms with Crippen LogP contribution in [0.25, 0.3) is 0 Å². The molecule has 0 saturated carbocycles. The van der Waals surface area contributed by atoms with Gasteiger partial charge in [-0.15, -0.1) is 0 Å². The normalized spacial score (nSPS) is 12.9. The second-order valence-electron chi connectivity index (χ2n) is 8.21. The number of aldehydes is 1. The van der Waals surface area contributed by atoms with Crippen LogP contribution >= 0.6 is 0 Å². The molecule has 2 aromatic carbocycles. The summed E-state index contributed by atoms with van der Waals surface area (Å²) in [7, 11) is 0. The first-order valence-electron chi connectivity index (χ1n) is 11.7. The minimum absolute atomic E-state index is 0.0805. The van der Waals surface area contributed by atoms with Gasteiger partial charge in [0.05, 0.1) is 0 Å². The Morgan fingerprint density at radius 1 is 0.973 bits per heavy atom. The fourth-order valence-corrected chi connectivity index (χ4v) is 3.55. The van der Waals surface area contributed by atoms with Gasteiger partial charge < -0.3 is 24.3 Å². The first kappa shape index (κ1) is 27.1. The minimum Gasteiger partial charge on any atom is -0.482 e. The van der Waals surface area contributed by atoms with Crippen LogP contribution in [0, 0.1) is 0 Å². The van der Waals surface area contributed by atoms with E-state index >= 15 is 0 Å². The lowest BCUT2D eigenvalue weighted by atomic mass is 10.0. The predicted molar refractivity (Wildman–Crippen MR) is 134 cm³/mol. The quantitative estimate of drug-likeness (QED) is 0.311. The topological polar surface area (TPSA) is 121 Å². The largest absolute Gasteiger partial charge is 0.482 e. The minimum atomic E-state index is -1.06. The van der Waals surface area contributed by atoms with Gasteiger partial charge in [0.15, 0.2) is 17.5 Å². The number of aromatic nitrogens is 1. The molecule has 1 amide bonds. The molecule has 0 aliphatic rings.